The first-order valence-corrected chi connectivity index (χ1v) is 7.70. The minimum atomic E-state index is -0.246. The smallest absolute Gasteiger partial charge is 0.194 e. The molecule has 0 amide bonds. The van der Waals surface area contributed by atoms with Crippen molar-refractivity contribution < 1.29 is 9.53 Å². The quantitative estimate of drug-likeness (QED) is 0.594. The number of ketones is 1. The molecule has 6 heteroatoms. The maximum absolute atomic E-state index is 12.5. The van der Waals surface area contributed by atoms with E-state index in [1.165, 1.54) is 6.07 Å². The van der Waals surface area contributed by atoms with Gasteiger partial charge in [0.25, 0.3) is 0 Å². The standard InChI is InChI=1S/C15H12BrCl2NO2/c1-2-21-14-7-11(17)9(6-12(14)18)15(20)8-3-4-10(16)13(19)5-8/h3-7H,2,19H2,1H3. The Labute approximate surface area is 141 Å². The highest BCUT2D eigenvalue weighted by Crippen LogP contribution is 2.33. The van der Waals surface area contributed by atoms with Gasteiger partial charge in [-0.15, -0.1) is 0 Å². The van der Waals surface area contributed by atoms with Gasteiger partial charge < -0.3 is 10.5 Å². The molecule has 0 aliphatic carbocycles. The van der Waals surface area contributed by atoms with Crippen LogP contribution in [0.2, 0.25) is 10.0 Å². The van der Waals surface area contributed by atoms with Crippen molar-refractivity contribution in [2.24, 2.45) is 0 Å². The molecule has 21 heavy (non-hydrogen) atoms. The molecule has 2 aromatic carbocycles. The van der Waals surface area contributed by atoms with Gasteiger partial charge in [-0.1, -0.05) is 23.2 Å². The molecule has 2 aromatic rings. The summed E-state index contributed by atoms with van der Waals surface area (Å²) in [6, 6.07) is 8.03. The second kappa shape index (κ2) is 6.69. The number of rotatable bonds is 4. The molecular formula is C15H12BrCl2NO2. The molecule has 3 nitrogen and oxygen atoms in total. The highest BCUT2D eigenvalue weighted by Gasteiger charge is 2.17. The first kappa shape index (κ1) is 16.1. The molecule has 0 saturated heterocycles. The number of halogens is 3. The van der Waals surface area contributed by atoms with E-state index in [9.17, 15) is 4.79 Å². The third-order valence-corrected chi connectivity index (χ3v) is 4.15. The van der Waals surface area contributed by atoms with Gasteiger partial charge in [0.15, 0.2) is 5.78 Å². The molecule has 0 unspecified atom stereocenters. The lowest BCUT2D eigenvalue weighted by atomic mass is 10.0. The van der Waals surface area contributed by atoms with Gasteiger partial charge in [-0.05, 0) is 47.1 Å². The van der Waals surface area contributed by atoms with Crippen molar-refractivity contribution in [2.75, 3.05) is 12.3 Å². The van der Waals surface area contributed by atoms with E-state index in [-0.39, 0.29) is 10.8 Å². The molecule has 0 aliphatic heterocycles. The Balaban J connectivity index is 2.43. The average molecular weight is 389 g/mol. The molecule has 0 radical (unpaired) electrons. The summed E-state index contributed by atoms with van der Waals surface area (Å²) in [6.45, 7) is 2.31. The first-order chi connectivity index (χ1) is 9.93. The Hall–Kier alpha value is -1.23. The average Bonchev–Trinajstić information content (AvgIpc) is 2.45. The fraction of sp³-hybridized carbons (Fsp3) is 0.133. The Morgan fingerprint density at radius 2 is 1.95 bits per heavy atom. The zero-order chi connectivity index (χ0) is 15.6. The van der Waals surface area contributed by atoms with E-state index in [4.69, 9.17) is 33.7 Å². The van der Waals surface area contributed by atoms with Gasteiger partial charge in [0, 0.05) is 27.4 Å². The predicted octanol–water partition coefficient (Wildman–Crippen LogP) is 4.97. The molecule has 0 atom stereocenters. The van der Waals surface area contributed by atoms with E-state index in [0.717, 1.165) is 4.47 Å². The summed E-state index contributed by atoms with van der Waals surface area (Å²) < 4.78 is 6.07. The molecule has 2 N–H and O–H groups in total. The van der Waals surface area contributed by atoms with Crippen LogP contribution < -0.4 is 10.5 Å². The zero-order valence-corrected chi connectivity index (χ0v) is 14.2. The van der Waals surface area contributed by atoms with Gasteiger partial charge >= 0.3 is 0 Å². The SMILES string of the molecule is CCOc1cc(Cl)c(C(=O)c2ccc(Br)c(N)c2)cc1Cl. The van der Waals surface area contributed by atoms with Crippen LogP contribution in [0, 0.1) is 0 Å². The second-order valence-corrected chi connectivity index (χ2v) is 5.93. The van der Waals surface area contributed by atoms with Crippen LogP contribution in [0.4, 0.5) is 5.69 Å². The Kier molecular flexibility index (Phi) is 5.14. The normalized spacial score (nSPS) is 10.5. The number of nitrogen functional groups attached to an aromatic ring is 1. The van der Waals surface area contributed by atoms with Gasteiger partial charge in [-0.2, -0.15) is 0 Å². The fourth-order valence-electron chi connectivity index (χ4n) is 1.81. The number of hydrogen-bond donors (Lipinski definition) is 1. The molecule has 2 rings (SSSR count). The third kappa shape index (κ3) is 3.51. The van der Waals surface area contributed by atoms with Crippen molar-refractivity contribution in [3.8, 4) is 5.75 Å². The predicted molar refractivity (Wildman–Crippen MR) is 89.6 cm³/mol. The summed E-state index contributed by atoms with van der Waals surface area (Å²) in [5.41, 5.74) is 7.02. The van der Waals surface area contributed by atoms with E-state index in [1.54, 1.807) is 24.3 Å². The summed E-state index contributed by atoms with van der Waals surface area (Å²) in [6.07, 6.45) is 0. The van der Waals surface area contributed by atoms with E-state index in [2.05, 4.69) is 15.9 Å². The highest BCUT2D eigenvalue weighted by atomic mass is 79.9. The minimum Gasteiger partial charge on any atom is -0.492 e. The number of hydrogen-bond acceptors (Lipinski definition) is 3. The number of carbonyl (C=O) groups excluding carboxylic acids is 1. The third-order valence-electron chi connectivity index (χ3n) is 2.82. The van der Waals surface area contributed by atoms with Crippen molar-refractivity contribution >= 4 is 50.6 Å². The maximum atomic E-state index is 12.5. The number of ether oxygens (including phenoxy) is 1. The molecule has 0 fully saturated rings. The van der Waals surface area contributed by atoms with E-state index in [1.807, 2.05) is 6.92 Å². The summed E-state index contributed by atoms with van der Waals surface area (Å²) >= 11 is 15.5. The van der Waals surface area contributed by atoms with E-state index in [0.29, 0.717) is 34.2 Å². The lowest BCUT2D eigenvalue weighted by Gasteiger charge is -2.10. The zero-order valence-electron chi connectivity index (χ0n) is 11.1. The lowest BCUT2D eigenvalue weighted by Crippen LogP contribution is -2.04. The van der Waals surface area contributed by atoms with Gasteiger partial charge in [0.05, 0.1) is 16.7 Å². The molecule has 0 spiro atoms. The van der Waals surface area contributed by atoms with Crippen molar-refractivity contribution in [2.45, 2.75) is 6.92 Å². The lowest BCUT2D eigenvalue weighted by molar-refractivity contribution is 0.103. The Bertz CT molecular complexity index is 704. The van der Waals surface area contributed by atoms with Crippen LogP contribution in [0.5, 0.6) is 5.75 Å². The summed E-state index contributed by atoms with van der Waals surface area (Å²) in [5.74, 6) is 0.209. The van der Waals surface area contributed by atoms with Gasteiger partial charge in [0.2, 0.25) is 0 Å². The number of anilines is 1. The van der Waals surface area contributed by atoms with E-state index < -0.39 is 0 Å². The molecular weight excluding hydrogens is 377 g/mol. The van der Waals surface area contributed by atoms with E-state index >= 15 is 0 Å². The van der Waals surface area contributed by atoms with Crippen LogP contribution in [0.3, 0.4) is 0 Å². The van der Waals surface area contributed by atoms with Crippen molar-refractivity contribution in [1.29, 1.82) is 0 Å². The monoisotopic (exact) mass is 387 g/mol. The van der Waals surface area contributed by atoms with Crippen LogP contribution in [0.25, 0.3) is 0 Å². The second-order valence-electron chi connectivity index (χ2n) is 4.26. The van der Waals surface area contributed by atoms with Crippen LogP contribution in [-0.2, 0) is 0 Å². The Morgan fingerprint density at radius 1 is 1.24 bits per heavy atom. The summed E-state index contributed by atoms with van der Waals surface area (Å²) in [7, 11) is 0. The van der Waals surface area contributed by atoms with Crippen molar-refractivity contribution in [1.82, 2.24) is 0 Å². The number of nitrogens with two attached hydrogens (primary N) is 1. The maximum Gasteiger partial charge on any atom is 0.194 e. The molecule has 110 valence electrons. The van der Waals surface area contributed by atoms with Gasteiger partial charge in [0.1, 0.15) is 5.75 Å². The molecule has 0 bridgehead atoms. The minimum absolute atomic E-state index is 0.246. The van der Waals surface area contributed by atoms with Crippen LogP contribution in [-0.4, -0.2) is 12.4 Å². The Morgan fingerprint density at radius 3 is 2.57 bits per heavy atom. The number of benzene rings is 2. The molecule has 0 heterocycles. The van der Waals surface area contributed by atoms with Crippen LogP contribution >= 0.6 is 39.1 Å². The van der Waals surface area contributed by atoms with Crippen LogP contribution in [0.1, 0.15) is 22.8 Å². The van der Waals surface area contributed by atoms with Crippen LogP contribution in [0.15, 0.2) is 34.8 Å². The van der Waals surface area contributed by atoms with Crippen molar-refractivity contribution in [3.05, 3.63) is 56.0 Å². The topological polar surface area (TPSA) is 52.3 Å². The molecule has 0 aromatic heterocycles. The molecule has 0 saturated carbocycles. The van der Waals surface area contributed by atoms with Gasteiger partial charge in [-0.25, -0.2) is 0 Å². The summed E-state index contributed by atoms with van der Waals surface area (Å²) in [4.78, 5) is 12.5. The highest BCUT2D eigenvalue weighted by molar-refractivity contribution is 9.10. The van der Waals surface area contributed by atoms with Gasteiger partial charge in [-0.3, -0.25) is 4.79 Å². The first-order valence-electron chi connectivity index (χ1n) is 6.15. The largest absolute Gasteiger partial charge is 0.492 e. The fourth-order valence-corrected chi connectivity index (χ4v) is 2.51. The summed E-state index contributed by atoms with van der Waals surface area (Å²) in [5, 5.41) is 0.629. The number of carbonyl (C=O) groups is 1. The molecule has 0 aliphatic rings. The van der Waals surface area contributed by atoms with Crippen molar-refractivity contribution in [3.63, 3.8) is 0 Å².